The number of primary amides is 1. The quantitative estimate of drug-likeness (QED) is 0.590. The van der Waals surface area contributed by atoms with E-state index in [4.69, 9.17) is 5.73 Å². The number of allylic oxidation sites excluding steroid dienone is 1. The van der Waals surface area contributed by atoms with Gasteiger partial charge in [-0.15, -0.1) is 0 Å². The standard InChI is InChI=1S/C7H12INO/c8-6-4-2-1-3-5-7(9)10/h4,6H,1-3,5H2,(H2,9,10)/b6-4-. The van der Waals surface area contributed by atoms with Crippen LogP contribution >= 0.6 is 22.6 Å². The zero-order chi connectivity index (χ0) is 7.82. The Morgan fingerprint density at radius 3 is 2.70 bits per heavy atom. The molecule has 0 atom stereocenters. The maximum atomic E-state index is 10.2. The third-order valence-electron chi connectivity index (χ3n) is 1.13. The molecule has 0 saturated heterocycles. The summed E-state index contributed by atoms with van der Waals surface area (Å²) in [6.45, 7) is 0. The molecule has 0 bridgehead atoms. The van der Waals surface area contributed by atoms with E-state index in [-0.39, 0.29) is 5.91 Å². The average Bonchev–Trinajstić information content (AvgIpc) is 1.87. The van der Waals surface area contributed by atoms with Gasteiger partial charge in [0.1, 0.15) is 0 Å². The van der Waals surface area contributed by atoms with Gasteiger partial charge in [0.05, 0.1) is 0 Å². The van der Waals surface area contributed by atoms with E-state index in [2.05, 4.69) is 28.7 Å². The Kier molecular flexibility index (Phi) is 7.01. The highest BCUT2D eigenvalue weighted by molar-refractivity contribution is 14.1. The van der Waals surface area contributed by atoms with Gasteiger partial charge in [0.2, 0.25) is 5.91 Å². The van der Waals surface area contributed by atoms with Gasteiger partial charge in [0.15, 0.2) is 0 Å². The fourth-order valence-corrected chi connectivity index (χ4v) is 0.984. The molecule has 0 aliphatic carbocycles. The lowest BCUT2D eigenvalue weighted by Crippen LogP contribution is -2.09. The van der Waals surface area contributed by atoms with Gasteiger partial charge in [-0.25, -0.2) is 0 Å². The molecular formula is C7H12INO. The first-order valence-electron chi connectivity index (χ1n) is 3.31. The Morgan fingerprint density at radius 2 is 2.20 bits per heavy atom. The smallest absolute Gasteiger partial charge is 0.217 e. The van der Waals surface area contributed by atoms with Crippen molar-refractivity contribution in [2.24, 2.45) is 5.73 Å². The predicted molar refractivity (Wildman–Crippen MR) is 50.8 cm³/mol. The molecule has 2 nitrogen and oxygen atoms in total. The molecule has 0 fully saturated rings. The minimum atomic E-state index is -0.196. The van der Waals surface area contributed by atoms with Crippen LogP contribution in [0.1, 0.15) is 25.7 Å². The van der Waals surface area contributed by atoms with Crippen LogP contribution in [-0.2, 0) is 4.79 Å². The predicted octanol–water partition coefficient (Wildman–Crippen LogP) is 1.98. The summed E-state index contributed by atoms with van der Waals surface area (Å²) in [6, 6.07) is 0. The second kappa shape index (κ2) is 7.05. The molecule has 0 spiro atoms. The number of rotatable bonds is 5. The minimum absolute atomic E-state index is 0.196. The van der Waals surface area contributed by atoms with Gasteiger partial charge in [-0.2, -0.15) is 0 Å². The molecule has 2 N–H and O–H groups in total. The van der Waals surface area contributed by atoms with E-state index in [1.165, 1.54) is 0 Å². The van der Waals surface area contributed by atoms with Gasteiger partial charge < -0.3 is 5.73 Å². The Bertz CT molecular complexity index is 123. The fourth-order valence-electron chi connectivity index (χ4n) is 0.624. The van der Waals surface area contributed by atoms with Crippen LogP contribution in [-0.4, -0.2) is 5.91 Å². The van der Waals surface area contributed by atoms with Crippen LogP contribution in [0.25, 0.3) is 0 Å². The summed E-state index contributed by atoms with van der Waals surface area (Å²) in [5.41, 5.74) is 4.95. The van der Waals surface area contributed by atoms with E-state index in [0.717, 1.165) is 19.3 Å². The number of carbonyl (C=O) groups is 1. The molecule has 0 aromatic rings. The van der Waals surface area contributed by atoms with Crippen molar-refractivity contribution in [3.05, 3.63) is 10.2 Å². The summed E-state index contributed by atoms with van der Waals surface area (Å²) in [6.07, 6.45) is 5.63. The number of halogens is 1. The third kappa shape index (κ3) is 7.94. The van der Waals surface area contributed by atoms with E-state index in [1.54, 1.807) is 0 Å². The minimum Gasteiger partial charge on any atom is -0.370 e. The zero-order valence-electron chi connectivity index (χ0n) is 5.85. The molecule has 58 valence electrons. The normalized spacial score (nSPS) is 10.5. The molecule has 0 rings (SSSR count). The molecule has 0 aliphatic heterocycles. The molecule has 3 heteroatoms. The second-order valence-electron chi connectivity index (χ2n) is 2.07. The van der Waals surface area contributed by atoms with Crippen molar-refractivity contribution in [1.82, 2.24) is 0 Å². The molecule has 0 unspecified atom stereocenters. The molecule has 1 amide bonds. The van der Waals surface area contributed by atoms with Gasteiger partial charge in [-0.3, -0.25) is 4.79 Å². The fraction of sp³-hybridized carbons (Fsp3) is 0.571. The molecule has 0 saturated carbocycles. The van der Waals surface area contributed by atoms with Crippen molar-refractivity contribution < 1.29 is 4.79 Å². The van der Waals surface area contributed by atoms with Crippen molar-refractivity contribution in [2.75, 3.05) is 0 Å². The van der Waals surface area contributed by atoms with Crippen molar-refractivity contribution in [3.8, 4) is 0 Å². The summed E-state index contributed by atoms with van der Waals surface area (Å²) < 4.78 is 1.99. The molecule has 0 heterocycles. The second-order valence-corrected chi connectivity index (χ2v) is 2.79. The Hall–Kier alpha value is -0.0600. The first kappa shape index (κ1) is 9.94. The zero-order valence-corrected chi connectivity index (χ0v) is 8.00. The maximum Gasteiger partial charge on any atom is 0.217 e. The highest BCUT2D eigenvalue weighted by Gasteiger charge is 1.91. The van der Waals surface area contributed by atoms with Crippen LogP contribution in [0.2, 0.25) is 0 Å². The lowest BCUT2D eigenvalue weighted by atomic mass is 10.2. The summed E-state index contributed by atoms with van der Waals surface area (Å²) in [7, 11) is 0. The number of amides is 1. The van der Waals surface area contributed by atoms with E-state index in [9.17, 15) is 4.79 Å². The van der Waals surface area contributed by atoms with E-state index >= 15 is 0 Å². The van der Waals surface area contributed by atoms with E-state index < -0.39 is 0 Å². The lowest BCUT2D eigenvalue weighted by Gasteiger charge is -1.92. The summed E-state index contributed by atoms with van der Waals surface area (Å²) >= 11 is 2.18. The first-order chi connectivity index (χ1) is 4.77. The van der Waals surface area contributed by atoms with Crippen molar-refractivity contribution in [1.29, 1.82) is 0 Å². The van der Waals surface area contributed by atoms with Crippen molar-refractivity contribution >= 4 is 28.5 Å². The highest BCUT2D eigenvalue weighted by atomic mass is 127. The van der Waals surface area contributed by atoms with E-state index in [1.807, 2.05) is 4.08 Å². The van der Waals surface area contributed by atoms with Crippen molar-refractivity contribution in [2.45, 2.75) is 25.7 Å². The molecular weight excluding hydrogens is 241 g/mol. The monoisotopic (exact) mass is 253 g/mol. The van der Waals surface area contributed by atoms with Crippen LogP contribution in [0.15, 0.2) is 10.2 Å². The largest absolute Gasteiger partial charge is 0.370 e. The molecule has 0 aromatic heterocycles. The van der Waals surface area contributed by atoms with Gasteiger partial charge in [-0.1, -0.05) is 28.7 Å². The first-order valence-corrected chi connectivity index (χ1v) is 4.55. The van der Waals surface area contributed by atoms with Gasteiger partial charge >= 0.3 is 0 Å². The van der Waals surface area contributed by atoms with Crippen LogP contribution in [0.3, 0.4) is 0 Å². The lowest BCUT2D eigenvalue weighted by molar-refractivity contribution is -0.118. The third-order valence-corrected chi connectivity index (χ3v) is 1.64. The molecule has 0 aromatic carbocycles. The highest BCUT2D eigenvalue weighted by Crippen LogP contribution is 2.00. The SMILES string of the molecule is NC(=O)CCCC/C=C\I. The molecule has 10 heavy (non-hydrogen) atoms. The number of unbranched alkanes of at least 4 members (excludes halogenated alkanes) is 2. The van der Waals surface area contributed by atoms with E-state index in [0.29, 0.717) is 6.42 Å². The van der Waals surface area contributed by atoms with Gasteiger partial charge in [-0.05, 0) is 23.3 Å². The number of nitrogens with two attached hydrogens (primary N) is 1. The summed E-state index contributed by atoms with van der Waals surface area (Å²) in [5, 5.41) is 0. The van der Waals surface area contributed by atoms with Crippen LogP contribution in [0.5, 0.6) is 0 Å². The van der Waals surface area contributed by atoms with Gasteiger partial charge in [0.25, 0.3) is 0 Å². The number of carbonyl (C=O) groups excluding carboxylic acids is 1. The number of hydrogen-bond acceptors (Lipinski definition) is 1. The summed E-state index contributed by atoms with van der Waals surface area (Å²) in [5.74, 6) is -0.196. The number of hydrogen-bond donors (Lipinski definition) is 1. The average molecular weight is 253 g/mol. The van der Waals surface area contributed by atoms with Crippen LogP contribution < -0.4 is 5.73 Å². The van der Waals surface area contributed by atoms with Crippen LogP contribution in [0.4, 0.5) is 0 Å². The maximum absolute atomic E-state index is 10.2. The topological polar surface area (TPSA) is 43.1 Å². The molecule has 0 radical (unpaired) electrons. The van der Waals surface area contributed by atoms with Crippen molar-refractivity contribution in [3.63, 3.8) is 0 Å². The Labute approximate surface area is 75.0 Å². The Morgan fingerprint density at radius 1 is 1.50 bits per heavy atom. The Balaban J connectivity index is 2.98. The molecule has 0 aliphatic rings. The summed E-state index contributed by atoms with van der Waals surface area (Å²) in [4.78, 5) is 10.2. The van der Waals surface area contributed by atoms with Gasteiger partial charge in [0, 0.05) is 6.42 Å². The van der Waals surface area contributed by atoms with Crippen LogP contribution in [0, 0.1) is 0 Å².